The van der Waals surface area contributed by atoms with Crippen LogP contribution in [0.5, 0.6) is 0 Å². The van der Waals surface area contributed by atoms with Crippen molar-refractivity contribution in [2.75, 3.05) is 0 Å². The first-order chi connectivity index (χ1) is 15.3. The Morgan fingerprint density at radius 2 is 1.19 bits per heavy atom. The molecule has 0 fully saturated rings. The normalized spacial score (nSPS) is 11.6. The van der Waals surface area contributed by atoms with Crippen molar-refractivity contribution >= 4 is 22.1 Å². The zero-order valence-electron chi connectivity index (χ0n) is 19.5. The summed E-state index contributed by atoms with van der Waals surface area (Å²) in [4.78, 5) is 14.5. The van der Waals surface area contributed by atoms with Crippen LogP contribution >= 0.6 is 0 Å². The SMILES string of the molecule is CCC[CH2][Sn]([CH2]CCC)([CH2]CCC)[c]1ncccc1-c1cccnc1-c1ccccn1. The molecule has 3 nitrogen and oxygen atoms in total. The van der Waals surface area contributed by atoms with E-state index in [1.807, 2.05) is 30.7 Å². The number of pyridine rings is 3. The third-order valence-electron chi connectivity index (χ3n) is 6.34. The van der Waals surface area contributed by atoms with Crippen LogP contribution < -0.4 is 3.71 Å². The Bertz CT molecular complexity index is 905. The van der Waals surface area contributed by atoms with Crippen molar-refractivity contribution in [3.8, 4) is 22.5 Å². The van der Waals surface area contributed by atoms with Gasteiger partial charge in [-0.3, -0.25) is 0 Å². The predicted octanol–water partition coefficient (Wildman–Crippen LogP) is 7.26. The Hall–Kier alpha value is -1.75. The molecule has 3 aromatic heterocycles. The van der Waals surface area contributed by atoms with E-state index in [4.69, 9.17) is 9.97 Å². The van der Waals surface area contributed by atoms with E-state index in [0.717, 1.165) is 11.4 Å². The fourth-order valence-corrected chi connectivity index (χ4v) is 20.9. The van der Waals surface area contributed by atoms with Crippen LogP contribution in [0.15, 0.2) is 61.1 Å². The van der Waals surface area contributed by atoms with Crippen molar-refractivity contribution in [2.45, 2.75) is 72.6 Å². The first kappa shape index (κ1) is 23.9. The van der Waals surface area contributed by atoms with Crippen molar-refractivity contribution in [3.63, 3.8) is 0 Å². The van der Waals surface area contributed by atoms with E-state index in [1.165, 1.54) is 66.7 Å². The average Bonchev–Trinajstić information content (AvgIpc) is 2.84. The Morgan fingerprint density at radius 3 is 1.77 bits per heavy atom. The summed E-state index contributed by atoms with van der Waals surface area (Å²) in [6.45, 7) is 6.99. The number of aromatic nitrogens is 3. The summed E-state index contributed by atoms with van der Waals surface area (Å²) in [5.41, 5.74) is 4.41. The second-order valence-electron chi connectivity index (χ2n) is 8.61. The van der Waals surface area contributed by atoms with Gasteiger partial charge in [0.25, 0.3) is 0 Å². The molecule has 0 N–H and O–H groups in total. The minimum absolute atomic E-state index is 0.935. The molecule has 0 amide bonds. The maximum atomic E-state index is 5.17. The molecule has 0 spiro atoms. The summed E-state index contributed by atoms with van der Waals surface area (Å²) < 4.78 is 5.70. The van der Waals surface area contributed by atoms with Gasteiger partial charge in [-0.1, -0.05) is 0 Å². The minimum atomic E-state index is -2.70. The van der Waals surface area contributed by atoms with Gasteiger partial charge in [0.2, 0.25) is 0 Å². The van der Waals surface area contributed by atoms with Gasteiger partial charge in [0.1, 0.15) is 0 Å². The number of hydrogen-bond acceptors (Lipinski definition) is 3. The first-order valence-electron chi connectivity index (χ1n) is 12.1. The van der Waals surface area contributed by atoms with Crippen molar-refractivity contribution in [1.29, 1.82) is 0 Å². The number of rotatable bonds is 12. The first-order valence-corrected chi connectivity index (χ1v) is 19.6. The third-order valence-corrected chi connectivity index (χ3v) is 21.6. The quantitative estimate of drug-likeness (QED) is 0.235. The van der Waals surface area contributed by atoms with Gasteiger partial charge in [0, 0.05) is 0 Å². The summed E-state index contributed by atoms with van der Waals surface area (Å²) >= 11 is -2.70. The second kappa shape index (κ2) is 12.3. The molecule has 0 saturated carbocycles. The Labute approximate surface area is 192 Å². The standard InChI is InChI=1S/C15H10N3.3C4H9.Sn/c1-2-9-17-14(7-1)15-13(6-4-10-18-15)12-5-3-8-16-11-12;3*1-3-4-2;/h1-10H;3*1,3-4H2,2H3;. The van der Waals surface area contributed by atoms with E-state index in [1.54, 1.807) is 0 Å². The molecule has 0 saturated heterocycles. The van der Waals surface area contributed by atoms with Crippen LogP contribution in [-0.2, 0) is 0 Å². The molecular weight excluding hydrogens is 485 g/mol. The summed E-state index contributed by atoms with van der Waals surface area (Å²) in [6.07, 6.45) is 13.6. The van der Waals surface area contributed by atoms with Gasteiger partial charge in [-0.15, -0.1) is 0 Å². The van der Waals surface area contributed by atoms with E-state index < -0.39 is 18.4 Å². The Balaban J connectivity index is 2.17. The maximum absolute atomic E-state index is 5.17. The van der Waals surface area contributed by atoms with Crippen LogP contribution in [0.25, 0.3) is 22.5 Å². The zero-order chi connectivity index (χ0) is 21.9. The molecular formula is C27H37N3Sn. The van der Waals surface area contributed by atoms with Crippen LogP contribution in [-0.4, -0.2) is 33.3 Å². The number of unbranched alkanes of at least 4 members (excludes halogenated alkanes) is 3. The Kier molecular flexibility index (Phi) is 9.50. The summed E-state index contributed by atoms with van der Waals surface area (Å²) in [5.74, 6) is 0. The molecule has 0 bridgehead atoms. The molecule has 0 aliphatic carbocycles. The second-order valence-corrected chi connectivity index (χ2v) is 21.5. The van der Waals surface area contributed by atoms with Gasteiger partial charge in [-0.2, -0.15) is 0 Å². The Morgan fingerprint density at radius 1 is 0.613 bits per heavy atom. The number of nitrogens with zero attached hydrogens (tertiary/aromatic N) is 3. The van der Waals surface area contributed by atoms with Crippen molar-refractivity contribution in [2.24, 2.45) is 0 Å². The molecule has 0 aliphatic heterocycles. The monoisotopic (exact) mass is 523 g/mol. The van der Waals surface area contributed by atoms with Gasteiger partial charge in [-0.25, -0.2) is 0 Å². The zero-order valence-corrected chi connectivity index (χ0v) is 22.3. The van der Waals surface area contributed by atoms with Crippen LogP contribution in [0, 0.1) is 0 Å². The summed E-state index contributed by atoms with van der Waals surface area (Å²) in [7, 11) is 0. The van der Waals surface area contributed by atoms with E-state index >= 15 is 0 Å². The van der Waals surface area contributed by atoms with Gasteiger partial charge in [-0.05, 0) is 0 Å². The molecule has 164 valence electrons. The predicted molar refractivity (Wildman–Crippen MR) is 135 cm³/mol. The molecule has 3 rings (SSSR count). The molecule has 0 unspecified atom stereocenters. The summed E-state index contributed by atoms with van der Waals surface area (Å²) in [5, 5.41) is 0. The van der Waals surface area contributed by atoms with Crippen molar-refractivity contribution < 1.29 is 0 Å². The molecule has 0 aliphatic rings. The number of hydrogen-bond donors (Lipinski definition) is 0. The van der Waals surface area contributed by atoms with Crippen molar-refractivity contribution in [3.05, 3.63) is 61.1 Å². The third kappa shape index (κ3) is 5.94. The van der Waals surface area contributed by atoms with Gasteiger partial charge < -0.3 is 0 Å². The molecule has 0 radical (unpaired) electrons. The van der Waals surface area contributed by atoms with Crippen LogP contribution in [0.4, 0.5) is 0 Å². The van der Waals surface area contributed by atoms with Crippen molar-refractivity contribution in [1.82, 2.24) is 15.0 Å². The van der Waals surface area contributed by atoms with Gasteiger partial charge in [0.05, 0.1) is 0 Å². The fourth-order valence-electron chi connectivity index (χ4n) is 4.65. The molecule has 3 aromatic rings. The topological polar surface area (TPSA) is 38.7 Å². The average molecular weight is 522 g/mol. The van der Waals surface area contributed by atoms with Gasteiger partial charge >= 0.3 is 193 Å². The molecule has 0 atom stereocenters. The molecule has 3 heterocycles. The molecule has 31 heavy (non-hydrogen) atoms. The van der Waals surface area contributed by atoms with Crippen LogP contribution in [0.3, 0.4) is 0 Å². The molecule has 0 aromatic carbocycles. The molecule has 4 heteroatoms. The summed E-state index contributed by atoms with van der Waals surface area (Å²) in [6, 6.07) is 14.7. The van der Waals surface area contributed by atoms with E-state index in [9.17, 15) is 0 Å². The fraction of sp³-hybridized carbons (Fsp3) is 0.444. The van der Waals surface area contributed by atoms with E-state index in [0.29, 0.717) is 0 Å². The van der Waals surface area contributed by atoms with Crippen LogP contribution in [0.1, 0.15) is 59.3 Å². The van der Waals surface area contributed by atoms with Gasteiger partial charge in [0.15, 0.2) is 0 Å². The van der Waals surface area contributed by atoms with Crippen LogP contribution in [0.2, 0.25) is 13.3 Å². The van der Waals surface area contributed by atoms with E-state index in [2.05, 4.69) is 56.1 Å². The van der Waals surface area contributed by atoms with E-state index in [-0.39, 0.29) is 0 Å².